The minimum Gasteiger partial charge on any atom is -0.456 e. The Morgan fingerprint density at radius 3 is 1.32 bits per heavy atom. The molecule has 0 bridgehead atoms. The van der Waals surface area contributed by atoms with Crippen LogP contribution in [0.4, 0.5) is 0 Å². The van der Waals surface area contributed by atoms with Gasteiger partial charge >= 0.3 is 13.8 Å². The third-order valence-electron chi connectivity index (χ3n) is 13.2. The zero-order valence-corrected chi connectivity index (χ0v) is 49.3. The monoisotopic (exact) mass is 1040 g/mol. The Kier molecular flexibility index (Phi) is 51.0. The number of unbranched alkanes of at least 4 members (excludes halogenated alkanes) is 28. The summed E-state index contributed by atoms with van der Waals surface area (Å²) < 4.78 is 30.7. The van der Waals surface area contributed by atoms with Crippen LogP contribution in [0.3, 0.4) is 0 Å². The van der Waals surface area contributed by atoms with E-state index in [0.29, 0.717) is 17.4 Å². The van der Waals surface area contributed by atoms with Crippen LogP contribution in [-0.2, 0) is 27.9 Å². The fourth-order valence-corrected chi connectivity index (χ4v) is 9.23. The number of phosphoric acid groups is 1. The van der Waals surface area contributed by atoms with Gasteiger partial charge in [-0.1, -0.05) is 248 Å². The molecule has 0 aromatic heterocycles. The number of ether oxygens (including phenoxy) is 1. The molecule has 0 saturated heterocycles. The Morgan fingerprint density at radius 1 is 0.493 bits per heavy atom. The molecule has 0 aromatic rings. The molecule has 424 valence electrons. The first kappa shape index (κ1) is 70.5. The maximum Gasteiger partial charge on any atom is 0.472 e. The summed E-state index contributed by atoms with van der Waals surface area (Å²) in [5.74, 6) is -0.523. The number of rotatable bonds is 54. The van der Waals surface area contributed by atoms with Crippen molar-refractivity contribution in [3.63, 3.8) is 0 Å². The smallest absolute Gasteiger partial charge is 0.456 e. The molecule has 0 aliphatic heterocycles. The van der Waals surface area contributed by atoms with Crippen LogP contribution in [-0.4, -0.2) is 74.3 Å². The summed E-state index contributed by atoms with van der Waals surface area (Å²) in [6.07, 6.45) is 67.5. The molecule has 0 fully saturated rings. The quantitative estimate of drug-likeness (QED) is 0.0205. The number of allylic oxidation sites excluding steroid dienone is 11. The zero-order valence-electron chi connectivity index (χ0n) is 48.4. The van der Waals surface area contributed by atoms with Crippen molar-refractivity contribution in [3.05, 3.63) is 72.9 Å². The highest BCUT2D eigenvalue weighted by molar-refractivity contribution is 7.47. The van der Waals surface area contributed by atoms with Crippen LogP contribution >= 0.6 is 7.82 Å². The Balaban J connectivity index is 5.32. The molecule has 3 unspecified atom stereocenters. The van der Waals surface area contributed by atoms with Gasteiger partial charge in [0.2, 0.25) is 5.91 Å². The molecule has 0 aliphatic rings. The van der Waals surface area contributed by atoms with Gasteiger partial charge in [-0.15, -0.1) is 0 Å². The lowest BCUT2D eigenvalue weighted by molar-refractivity contribution is -0.870. The van der Waals surface area contributed by atoms with Gasteiger partial charge in [0.05, 0.1) is 33.8 Å². The second-order valence-corrected chi connectivity index (χ2v) is 23.0. The summed E-state index contributed by atoms with van der Waals surface area (Å²) in [6.45, 7) is 6.89. The topological polar surface area (TPSA) is 111 Å². The first-order valence-electron chi connectivity index (χ1n) is 30.3. The van der Waals surface area contributed by atoms with Crippen molar-refractivity contribution in [2.24, 2.45) is 0 Å². The van der Waals surface area contributed by atoms with E-state index in [2.05, 4.69) is 86.8 Å². The van der Waals surface area contributed by atoms with E-state index >= 15 is 0 Å². The molecule has 0 aliphatic carbocycles. The number of esters is 1. The van der Waals surface area contributed by atoms with Crippen molar-refractivity contribution in [2.75, 3.05) is 40.9 Å². The van der Waals surface area contributed by atoms with Gasteiger partial charge in [-0.25, -0.2) is 4.57 Å². The predicted molar refractivity (Wildman–Crippen MR) is 314 cm³/mol. The lowest BCUT2D eigenvalue weighted by atomic mass is 10.0. The van der Waals surface area contributed by atoms with Crippen molar-refractivity contribution in [2.45, 2.75) is 277 Å². The molecular weight excluding hydrogens is 928 g/mol. The Labute approximate surface area is 451 Å². The van der Waals surface area contributed by atoms with Crippen LogP contribution in [0, 0.1) is 0 Å². The van der Waals surface area contributed by atoms with E-state index in [-0.39, 0.29) is 31.5 Å². The van der Waals surface area contributed by atoms with Crippen molar-refractivity contribution in [1.82, 2.24) is 5.32 Å². The first-order chi connectivity index (χ1) is 35.4. The molecule has 1 amide bonds. The average Bonchev–Trinajstić information content (AvgIpc) is 3.35. The first-order valence-corrected chi connectivity index (χ1v) is 31.8. The van der Waals surface area contributed by atoms with E-state index in [0.717, 1.165) is 109 Å². The molecule has 0 spiro atoms. The highest BCUT2D eigenvalue weighted by Crippen LogP contribution is 2.43. The van der Waals surface area contributed by atoms with Crippen molar-refractivity contribution < 1.29 is 37.3 Å². The third-order valence-corrected chi connectivity index (χ3v) is 14.1. The summed E-state index contributed by atoms with van der Waals surface area (Å²) in [5, 5.41) is 3.05. The average molecular weight is 1040 g/mol. The summed E-state index contributed by atoms with van der Waals surface area (Å²) in [5.41, 5.74) is 0. The molecule has 0 rings (SSSR count). The maximum atomic E-state index is 13.5. The summed E-state index contributed by atoms with van der Waals surface area (Å²) in [6, 6.07) is -0.859. The summed E-state index contributed by atoms with van der Waals surface area (Å²) in [7, 11) is 1.48. The fourth-order valence-electron chi connectivity index (χ4n) is 8.50. The molecule has 0 aromatic carbocycles. The second-order valence-electron chi connectivity index (χ2n) is 21.5. The number of amides is 1. The molecule has 10 heteroatoms. The van der Waals surface area contributed by atoms with E-state index in [1.165, 1.54) is 122 Å². The van der Waals surface area contributed by atoms with Gasteiger partial charge in [0.25, 0.3) is 0 Å². The zero-order chi connectivity index (χ0) is 53.6. The van der Waals surface area contributed by atoms with Crippen LogP contribution in [0.5, 0.6) is 0 Å². The van der Waals surface area contributed by atoms with Gasteiger partial charge in [-0.05, 0) is 76.7 Å². The fraction of sp³-hybridized carbons (Fsp3) is 0.778. The third kappa shape index (κ3) is 54.1. The largest absolute Gasteiger partial charge is 0.472 e. The van der Waals surface area contributed by atoms with E-state index < -0.39 is 20.0 Å². The van der Waals surface area contributed by atoms with Crippen molar-refractivity contribution >= 4 is 19.7 Å². The number of nitrogens with one attached hydrogen (secondary N) is 1. The van der Waals surface area contributed by atoms with Gasteiger partial charge in [-0.2, -0.15) is 0 Å². The van der Waals surface area contributed by atoms with Crippen LogP contribution in [0.2, 0.25) is 0 Å². The molecule has 0 radical (unpaired) electrons. The van der Waals surface area contributed by atoms with Crippen LogP contribution in [0.15, 0.2) is 72.9 Å². The Bertz CT molecular complexity index is 1480. The van der Waals surface area contributed by atoms with E-state index in [9.17, 15) is 19.0 Å². The summed E-state index contributed by atoms with van der Waals surface area (Å²) >= 11 is 0. The minimum atomic E-state index is -4.45. The number of carbonyl (C=O) groups excluding carboxylic acids is 2. The number of hydrogen-bond acceptors (Lipinski definition) is 6. The standard InChI is InChI=1S/C63H115N2O7P/c1-7-10-13-16-19-22-25-28-29-30-31-32-33-34-35-38-40-43-46-49-52-55-62(66)64-60(59-71-73(68,69)70-58-57-65(4,5)6)61(54-51-48-45-42-39-36-26-23-20-17-14-11-8-2)72-63(67)56-53-50-47-44-41-37-27-24-21-18-15-12-9-3/h10,13,19,22,28-29,31-32,34-35,51,54,60-61H,7-9,11-12,14-18,20-21,23-27,30,33,36-50,52-53,55-59H2,1-6H3,(H-,64,66,68,69)/p+1/b13-10-,22-19-,29-28-,32-31-,35-34-,54-51-. The Hall–Kier alpha value is -2.55. The normalized spacial score (nSPS) is 14.2. The number of carbonyl (C=O) groups is 2. The summed E-state index contributed by atoms with van der Waals surface area (Å²) in [4.78, 5) is 37.7. The van der Waals surface area contributed by atoms with Crippen molar-refractivity contribution in [3.8, 4) is 0 Å². The highest BCUT2D eigenvalue weighted by atomic mass is 31.2. The molecule has 3 atom stereocenters. The lowest BCUT2D eigenvalue weighted by Crippen LogP contribution is -2.47. The van der Waals surface area contributed by atoms with E-state index in [1.807, 2.05) is 33.3 Å². The molecule has 9 nitrogen and oxygen atoms in total. The number of phosphoric ester groups is 1. The SMILES string of the molecule is CC/C=C\C/C=C\C/C=C\C/C=C\C/C=C\CCCCCCCC(=O)NC(COP(=O)(O)OCC[N+](C)(C)C)C(/C=C\CCCCCCCCCCCCC)OC(=O)CCCCCCCCCCCCCCC. The van der Waals surface area contributed by atoms with Gasteiger partial charge in [-0.3, -0.25) is 18.6 Å². The predicted octanol–water partition coefficient (Wildman–Crippen LogP) is 18.4. The molecule has 2 N–H and O–H groups in total. The number of quaternary nitrogens is 1. The van der Waals surface area contributed by atoms with Crippen LogP contribution < -0.4 is 5.32 Å². The molecule has 0 saturated carbocycles. The van der Waals surface area contributed by atoms with E-state index in [4.69, 9.17) is 13.8 Å². The number of nitrogens with zero attached hydrogens (tertiary/aromatic N) is 1. The van der Waals surface area contributed by atoms with Gasteiger partial charge in [0.1, 0.15) is 19.3 Å². The minimum absolute atomic E-state index is 0.0347. The van der Waals surface area contributed by atoms with Gasteiger partial charge < -0.3 is 19.4 Å². The number of hydrogen-bond donors (Lipinski definition) is 2. The lowest BCUT2D eigenvalue weighted by Gasteiger charge is -2.27. The number of likely N-dealkylation sites (N-methyl/N-ethyl adjacent to an activating group) is 1. The van der Waals surface area contributed by atoms with Crippen LogP contribution in [0.25, 0.3) is 0 Å². The molecule has 0 heterocycles. The second kappa shape index (κ2) is 52.9. The van der Waals surface area contributed by atoms with E-state index in [1.54, 1.807) is 0 Å². The molecular formula is C63H116N2O7P+. The van der Waals surface area contributed by atoms with Gasteiger partial charge in [0, 0.05) is 12.8 Å². The van der Waals surface area contributed by atoms with Crippen molar-refractivity contribution in [1.29, 1.82) is 0 Å². The maximum absolute atomic E-state index is 13.5. The van der Waals surface area contributed by atoms with Gasteiger partial charge in [0.15, 0.2) is 0 Å². The Morgan fingerprint density at radius 2 is 0.877 bits per heavy atom. The van der Waals surface area contributed by atoms with Crippen LogP contribution in [0.1, 0.15) is 265 Å². The molecule has 73 heavy (non-hydrogen) atoms. The highest BCUT2D eigenvalue weighted by Gasteiger charge is 2.30.